The molecule has 0 heterocycles. The Morgan fingerprint density at radius 2 is 1.81 bits per heavy atom. The van der Waals surface area contributed by atoms with E-state index in [2.05, 4.69) is 0 Å². The fourth-order valence-electron chi connectivity index (χ4n) is 1.64. The number of aliphatic hydroxyl groups excluding tert-OH is 5. The van der Waals surface area contributed by atoms with E-state index < -0.39 is 42.8 Å². The van der Waals surface area contributed by atoms with E-state index in [9.17, 15) is 25.2 Å². The Kier molecular flexibility index (Phi) is 9.62. The molecule has 0 fully saturated rings. The summed E-state index contributed by atoms with van der Waals surface area (Å²) in [6.45, 7) is 2.32. The molecule has 9 heteroatoms. The van der Waals surface area contributed by atoms with Crippen LogP contribution in [0.25, 0.3) is 0 Å². The Morgan fingerprint density at radius 3 is 2.24 bits per heavy atom. The smallest absolute Gasteiger partial charge is 0.218 e. The average molecular weight is 311 g/mol. The lowest BCUT2D eigenvalue weighted by molar-refractivity contribution is -0.242. The Bertz CT molecular complexity index is 303. The van der Waals surface area contributed by atoms with E-state index in [0.29, 0.717) is 0 Å². The van der Waals surface area contributed by atoms with Gasteiger partial charge in [0.2, 0.25) is 12.2 Å². The number of rotatable bonds is 10. The topological polar surface area (TPSA) is 149 Å². The fourth-order valence-corrected chi connectivity index (χ4v) is 1.64. The third-order valence-electron chi connectivity index (χ3n) is 2.91. The maximum absolute atomic E-state index is 10.8. The molecule has 0 bridgehead atoms. The molecule has 0 aromatic heterocycles. The standard InChI is InChI=1S/C12H25NO8/c1-6(20-3)10(9(17)8(16)4-5-14)21-12(19)11(18)13-7(2)15/h6,8-12,14,16-19H,4-5H2,1-3H3,(H,13,15)/t6-,8-,9?,10?,11?,12+/m1/s1. The molecule has 3 unspecified atom stereocenters. The Balaban J connectivity index is 4.79. The number of hydrogen-bond acceptors (Lipinski definition) is 8. The van der Waals surface area contributed by atoms with Gasteiger partial charge < -0.3 is 40.3 Å². The van der Waals surface area contributed by atoms with Crippen molar-refractivity contribution >= 4 is 5.91 Å². The van der Waals surface area contributed by atoms with E-state index >= 15 is 0 Å². The quantitative estimate of drug-likeness (QED) is 0.238. The van der Waals surface area contributed by atoms with E-state index in [-0.39, 0.29) is 13.0 Å². The van der Waals surface area contributed by atoms with Gasteiger partial charge >= 0.3 is 0 Å². The number of hydrogen-bond donors (Lipinski definition) is 6. The van der Waals surface area contributed by atoms with Gasteiger partial charge in [0.1, 0.15) is 12.2 Å². The van der Waals surface area contributed by atoms with Crippen molar-refractivity contribution in [1.82, 2.24) is 5.32 Å². The van der Waals surface area contributed by atoms with Crippen LogP contribution in [-0.4, -0.2) is 82.1 Å². The number of carbonyl (C=O) groups is 1. The lowest BCUT2D eigenvalue weighted by Crippen LogP contribution is -2.52. The van der Waals surface area contributed by atoms with Gasteiger partial charge in [0.25, 0.3) is 0 Å². The van der Waals surface area contributed by atoms with Crippen LogP contribution in [0.5, 0.6) is 0 Å². The SMILES string of the molecule is CO[C@H](C)C(O[C@H](O)C(O)NC(C)=O)C(O)[C@H](O)CCO. The Morgan fingerprint density at radius 1 is 1.24 bits per heavy atom. The lowest BCUT2D eigenvalue weighted by atomic mass is 10.0. The third kappa shape index (κ3) is 7.14. The molecule has 9 nitrogen and oxygen atoms in total. The lowest BCUT2D eigenvalue weighted by Gasteiger charge is -2.33. The normalized spacial score (nSPS) is 20.2. The van der Waals surface area contributed by atoms with E-state index in [1.165, 1.54) is 14.0 Å². The molecule has 0 aromatic rings. The Hall–Kier alpha value is -0.810. The first-order valence-corrected chi connectivity index (χ1v) is 6.53. The molecule has 0 rings (SSSR count). The third-order valence-corrected chi connectivity index (χ3v) is 2.91. The summed E-state index contributed by atoms with van der Waals surface area (Å²) in [5.74, 6) is -0.581. The summed E-state index contributed by atoms with van der Waals surface area (Å²) < 4.78 is 10.1. The summed E-state index contributed by atoms with van der Waals surface area (Å²) in [5, 5.41) is 49.6. The summed E-state index contributed by atoms with van der Waals surface area (Å²) in [6.07, 6.45) is -8.30. The van der Waals surface area contributed by atoms with Gasteiger partial charge in [-0.3, -0.25) is 4.79 Å². The van der Waals surface area contributed by atoms with E-state index in [1.54, 1.807) is 0 Å². The predicted octanol–water partition coefficient (Wildman–Crippen LogP) is -2.72. The van der Waals surface area contributed by atoms with Crippen LogP contribution >= 0.6 is 0 Å². The number of methoxy groups -OCH3 is 1. The highest BCUT2D eigenvalue weighted by atomic mass is 16.6. The van der Waals surface area contributed by atoms with Crippen molar-refractivity contribution in [3.05, 3.63) is 0 Å². The van der Waals surface area contributed by atoms with Gasteiger partial charge in [-0.05, 0) is 13.3 Å². The fraction of sp³-hybridized carbons (Fsp3) is 0.917. The van der Waals surface area contributed by atoms with Gasteiger partial charge in [0, 0.05) is 20.6 Å². The van der Waals surface area contributed by atoms with Crippen molar-refractivity contribution in [3.63, 3.8) is 0 Å². The van der Waals surface area contributed by atoms with Crippen LogP contribution in [0.1, 0.15) is 20.3 Å². The van der Waals surface area contributed by atoms with Crippen molar-refractivity contribution in [2.24, 2.45) is 0 Å². The van der Waals surface area contributed by atoms with Crippen LogP contribution in [0.4, 0.5) is 0 Å². The second-order valence-corrected chi connectivity index (χ2v) is 4.65. The number of amides is 1. The number of nitrogens with one attached hydrogen (secondary N) is 1. The highest BCUT2D eigenvalue weighted by Crippen LogP contribution is 2.15. The minimum absolute atomic E-state index is 0.0954. The molecule has 0 saturated carbocycles. The molecule has 126 valence electrons. The highest BCUT2D eigenvalue weighted by Gasteiger charge is 2.35. The zero-order valence-corrected chi connectivity index (χ0v) is 12.3. The van der Waals surface area contributed by atoms with Crippen molar-refractivity contribution in [2.75, 3.05) is 13.7 Å². The molecule has 6 atom stereocenters. The van der Waals surface area contributed by atoms with Crippen molar-refractivity contribution in [1.29, 1.82) is 0 Å². The van der Waals surface area contributed by atoms with E-state index in [4.69, 9.17) is 14.6 Å². The van der Waals surface area contributed by atoms with Crippen LogP contribution in [-0.2, 0) is 14.3 Å². The maximum Gasteiger partial charge on any atom is 0.218 e. The zero-order valence-electron chi connectivity index (χ0n) is 12.3. The summed E-state index contributed by atoms with van der Waals surface area (Å²) in [7, 11) is 1.34. The molecule has 0 aromatic carbocycles. The van der Waals surface area contributed by atoms with Crippen LogP contribution in [0.15, 0.2) is 0 Å². The van der Waals surface area contributed by atoms with E-state index in [0.717, 1.165) is 6.92 Å². The molecule has 0 aliphatic carbocycles. The first kappa shape index (κ1) is 20.2. The van der Waals surface area contributed by atoms with Crippen molar-refractivity contribution in [2.45, 2.75) is 57.2 Å². The number of ether oxygens (including phenoxy) is 2. The van der Waals surface area contributed by atoms with Crippen molar-refractivity contribution < 1.29 is 39.8 Å². The molecule has 0 saturated heterocycles. The largest absolute Gasteiger partial charge is 0.396 e. The van der Waals surface area contributed by atoms with Gasteiger partial charge in [-0.2, -0.15) is 0 Å². The molecule has 0 aliphatic heterocycles. The summed E-state index contributed by atoms with van der Waals surface area (Å²) in [6, 6.07) is 0. The molecular formula is C12H25NO8. The number of aliphatic hydroxyl groups is 5. The molecule has 0 radical (unpaired) electrons. The zero-order chi connectivity index (χ0) is 16.6. The summed E-state index contributed by atoms with van der Waals surface area (Å²) >= 11 is 0. The molecule has 1 amide bonds. The van der Waals surface area contributed by atoms with Crippen LogP contribution in [0.2, 0.25) is 0 Å². The second kappa shape index (κ2) is 10.0. The monoisotopic (exact) mass is 311 g/mol. The van der Waals surface area contributed by atoms with Gasteiger partial charge in [0.05, 0.1) is 12.2 Å². The Labute approximate surface area is 123 Å². The second-order valence-electron chi connectivity index (χ2n) is 4.65. The molecule has 0 spiro atoms. The predicted molar refractivity (Wildman–Crippen MR) is 70.9 cm³/mol. The molecule has 21 heavy (non-hydrogen) atoms. The summed E-state index contributed by atoms with van der Waals surface area (Å²) in [5.41, 5.74) is 0. The van der Waals surface area contributed by atoms with Gasteiger partial charge in [-0.25, -0.2) is 0 Å². The maximum atomic E-state index is 10.8. The van der Waals surface area contributed by atoms with Gasteiger partial charge in [0.15, 0.2) is 6.23 Å². The van der Waals surface area contributed by atoms with Crippen molar-refractivity contribution in [3.8, 4) is 0 Å². The van der Waals surface area contributed by atoms with Crippen LogP contribution in [0, 0.1) is 0 Å². The average Bonchev–Trinajstić information content (AvgIpc) is 2.42. The molecule has 0 aliphatic rings. The minimum atomic E-state index is -1.83. The van der Waals surface area contributed by atoms with Crippen LogP contribution < -0.4 is 5.32 Å². The summed E-state index contributed by atoms with van der Waals surface area (Å²) in [4.78, 5) is 10.8. The molecular weight excluding hydrogens is 286 g/mol. The minimum Gasteiger partial charge on any atom is -0.396 e. The van der Waals surface area contributed by atoms with Gasteiger partial charge in [-0.1, -0.05) is 0 Å². The first-order chi connectivity index (χ1) is 9.74. The first-order valence-electron chi connectivity index (χ1n) is 6.53. The van der Waals surface area contributed by atoms with Crippen LogP contribution in [0.3, 0.4) is 0 Å². The van der Waals surface area contributed by atoms with E-state index in [1.807, 2.05) is 5.32 Å². The highest BCUT2D eigenvalue weighted by molar-refractivity contribution is 5.72. The van der Waals surface area contributed by atoms with Gasteiger partial charge in [-0.15, -0.1) is 0 Å². The number of carbonyl (C=O) groups excluding carboxylic acids is 1. The molecule has 6 N–H and O–H groups in total.